The van der Waals surface area contributed by atoms with Crippen LogP contribution < -0.4 is 14.2 Å². The number of para-hydroxylation sites is 1. The van der Waals surface area contributed by atoms with E-state index >= 15 is 0 Å². The van der Waals surface area contributed by atoms with E-state index in [-0.39, 0.29) is 11.2 Å². The number of hydrogen-bond acceptors (Lipinski definition) is 9. The summed E-state index contributed by atoms with van der Waals surface area (Å²) in [5, 5.41) is 16.1. The van der Waals surface area contributed by atoms with Gasteiger partial charge in [-0.25, -0.2) is 14.4 Å². The Morgan fingerprint density at radius 1 is 1.09 bits per heavy atom. The van der Waals surface area contributed by atoms with E-state index in [1.54, 1.807) is 14.2 Å². The molecule has 0 fully saturated rings. The van der Waals surface area contributed by atoms with Gasteiger partial charge in [0.25, 0.3) is 0 Å². The van der Waals surface area contributed by atoms with Gasteiger partial charge < -0.3 is 9.47 Å². The first-order valence-electron chi connectivity index (χ1n) is 10.5. The van der Waals surface area contributed by atoms with E-state index < -0.39 is 5.82 Å². The maximum atomic E-state index is 13.2. The lowest BCUT2D eigenvalue weighted by molar-refractivity contribution is 0.391. The van der Waals surface area contributed by atoms with Gasteiger partial charge in [-0.2, -0.15) is 5.10 Å². The molecule has 0 saturated heterocycles. The van der Waals surface area contributed by atoms with E-state index in [1.807, 2.05) is 49.6 Å². The highest BCUT2D eigenvalue weighted by atomic mass is 32.2. The van der Waals surface area contributed by atoms with Gasteiger partial charge in [0.05, 0.1) is 26.6 Å². The average molecular weight is 485 g/mol. The molecule has 12 heteroatoms. The molecule has 0 radical (unpaired) electrons. The first-order valence-corrected chi connectivity index (χ1v) is 11.4. The van der Waals surface area contributed by atoms with E-state index in [9.17, 15) is 4.39 Å². The lowest BCUT2D eigenvalue weighted by Gasteiger charge is -2.20. The third-order valence-electron chi connectivity index (χ3n) is 5.31. The Labute approximate surface area is 200 Å². The number of aromatic nitrogens is 7. The summed E-state index contributed by atoms with van der Waals surface area (Å²) in [7, 11) is 3.19. The Kier molecular flexibility index (Phi) is 6.96. The Bertz CT molecular complexity index is 1240. The van der Waals surface area contributed by atoms with Crippen molar-refractivity contribution in [1.82, 2.24) is 34.9 Å². The van der Waals surface area contributed by atoms with E-state index in [1.165, 1.54) is 24.3 Å². The molecule has 0 saturated carbocycles. The molecule has 0 aliphatic carbocycles. The second-order valence-electron chi connectivity index (χ2n) is 7.60. The van der Waals surface area contributed by atoms with Gasteiger partial charge in [-0.3, -0.25) is 14.4 Å². The molecule has 2 unspecified atom stereocenters. The van der Waals surface area contributed by atoms with Gasteiger partial charge in [0.1, 0.15) is 28.7 Å². The number of H-pyrrole nitrogens is 1. The summed E-state index contributed by atoms with van der Waals surface area (Å²) in [4.78, 5) is 8.21. The van der Waals surface area contributed by atoms with Crippen LogP contribution in [0.5, 0.6) is 11.5 Å². The molecule has 0 bridgehead atoms. The lowest BCUT2D eigenvalue weighted by Crippen LogP contribution is -2.15. The fraction of sp³-hybridized carbons (Fsp3) is 0.318. The average Bonchev–Trinajstić information content (AvgIpc) is 3.47. The Morgan fingerprint density at radius 3 is 2.35 bits per heavy atom. The van der Waals surface area contributed by atoms with Crippen LogP contribution in [-0.2, 0) is 0 Å². The zero-order valence-electron chi connectivity index (χ0n) is 19.4. The lowest BCUT2D eigenvalue weighted by atomic mass is 10.1. The predicted molar refractivity (Wildman–Crippen MR) is 128 cm³/mol. The standard InChI is InChI=1S/C22H25FN8O2S/c1-12-9-16(27-26-12)21-28-29-22(31(21)19-17(32-4)7-6-8-18(19)33-5)30-34-14(3)13(2)20-24-10-15(23)11-25-20/h6-11,13-14H,1-5H3,(H,26,27)(H,29,30). The van der Waals surface area contributed by atoms with Crippen molar-refractivity contribution in [2.45, 2.75) is 31.9 Å². The third-order valence-corrected chi connectivity index (χ3v) is 6.39. The minimum Gasteiger partial charge on any atom is -0.494 e. The van der Waals surface area contributed by atoms with Crippen molar-refractivity contribution in [2.75, 3.05) is 18.9 Å². The summed E-state index contributed by atoms with van der Waals surface area (Å²) < 4.78 is 29.6. The molecule has 1 aromatic carbocycles. The number of methoxy groups -OCH3 is 2. The normalized spacial score (nSPS) is 12.9. The number of anilines is 1. The number of hydrogen-bond donors (Lipinski definition) is 2. The van der Waals surface area contributed by atoms with Gasteiger partial charge in [-0.05, 0) is 37.1 Å². The van der Waals surface area contributed by atoms with Gasteiger partial charge >= 0.3 is 0 Å². The summed E-state index contributed by atoms with van der Waals surface area (Å²) in [5.74, 6) is 2.19. The summed E-state index contributed by atoms with van der Waals surface area (Å²) in [5.41, 5.74) is 2.15. The summed E-state index contributed by atoms with van der Waals surface area (Å²) in [6, 6.07) is 7.41. The van der Waals surface area contributed by atoms with Crippen molar-refractivity contribution < 1.29 is 13.9 Å². The van der Waals surface area contributed by atoms with E-state index in [2.05, 4.69) is 35.1 Å². The number of benzene rings is 1. The number of nitrogens with zero attached hydrogens (tertiary/aromatic N) is 6. The van der Waals surface area contributed by atoms with Crippen LogP contribution in [-0.4, -0.2) is 54.4 Å². The minimum absolute atomic E-state index is 0.0197. The molecule has 3 heterocycles. The summed E-state index contributed by atoms with van der Waals surface area (Å²) >= 11 is 1.43. The van der Waals surface area contributed by atoms with Crippen LogP contribution in [0, 0.1) is 12.7 Å². The van der Waals surface area contributed by atoms with Crippen LogP contribution in [0.25, 0.3) is 17.2 Å². The smallest absolute Gasteiger partial charge is 0.239 e. The summed E-state index contributed by atoms with van der Waals surface area (Å²) in [6.45, 7) is 5.92. The van der Waals surface area contributed by atoms with Crippen LogP contribution >= 0.6 is 11.9 Å². The maximum absolute atomic E-state index is 13.2. The van der Waals surface area contributed by atoms with E-state index in [0.29, 0.717) is 40.5 Å². The van der Waals surface area contributed by atoms with Crippen molar-refractivity contribution in [3.8, 4) is 28.7 Å². The number of aryl methyl sites for hydroxylation is 1. The molecule has 0 amide bonds. The highest BCUT2D eigenvalue weighted by molar-refractivity contribution is 8.01. The molecule has 34 heavy (non-hydrogen) atoms. The van der Waals surface area contributed by atoms with Crippen molar-refractivity contribution >= 4 is 17.9 Å². The first kappa shape index (κ1) is 23.5. The predicted octanol–water partition coefficient (Wildman–Crippen LogP) is 4.16. The molecular weight excluding hydrogens is 459 g/mol. The van der Waals surface area contributed by atoms with Gasteiger partial charge in [0, 0.05) is 16.9 Å². The number of ether oxygens (including phenoxy) is 2. The van der Waals surface area contributed by atoms with Crippen molar-refractivity contribution in [3.05, 3.63) is 54.0 Å². The monoisotopic (exact) mass is 484 g/mol. The first-order chi connectivity index (χ1) is 16.4. The van der Waals surface area contributed by atoms with Crippen LogP contribution in [0.2, 0.25) is 0 Å². The molecule has 2 atom stereocenters. The van der Waals surface area contributed by atoms with Crippen molar-refractivity contribution in [3.63, 3.8) is 0 Å². The fourth-order valence-electron chi connectivity index (χ4n) is 3.33. The fourth-order valence-corrected chi connectivity index (χ4v) is 4.08. The molecule has 4 aromatic rings. The molecular formula is C22H25FN8O2S. The van der Waals surface area contributed by atoms with Crippen molar-refractivity contribution in [1.29, 1.82) is 0 Å². The topological polar surface area (TPSA) is 116 Å². The van der Waals surface area contributed by atoms with Gasteiger partial charge in [-0.15, -0.1) is 10.2 Å². The minimum atomic E-state index is -0.464. The van der Waals surface area contributed by atoms with Crippen LogP contribution in [0.1, 0.15) is 31.3 Å². The number of rotatable bonds is 9. The molecule has 0 aliphatic rings. The molecule has 178 valence electrons. The van der Waals surface area contributed by atoms with Crippen LogP contribution in [0.3, 0.4) is 0 Å². The number of nitrogens with one attached hydrogen (secondary N) is 2. The quantitative estimate of drug-likeness (QED) is 0.338. The second kappa shape index (κ2) is 10.1. The molecule has 4 rings (SSSR count). The van der Waals surface area contributed by atoms with Crippen molar-refractivity contribution in [2.24, 2.45) is 0 Å². The Morgan fingerprint density at radius 2 is 1.76 bits per heavy atom. The molecule has 2 N–H and O–H groups in total. The number of aromatic amines is 1. The second-order valence-corrected chi connectivity index (χ2v) is 8.79. The van der Waals surface area contributed by atoms with Gasteiger partial charge in [0.2, 0.25) is 5.95 Å². The van der Waals surface area contributed by atoms with Crippen LogP contribution in [0.4, 0.5) is 10.3 Å². The third kappa shape index (κ3) is 4.67. The molecule has 10 nitrogen and oxygen atoms in total. The van der Waals surface area contributed by atoms with E-state index in [0.717, 1.165) is 5.69 Å². The SMILES string of the molecule is COc1cccc(OC)c1-n1c(NSC(C)C(C)c2ncc(F)cn2)nnc1-c1cc(C)[nH]n1. The molecule has 3 aromatic heterocycles. The van der Waals surface area contributed by atoms with Gasteiger partial charge in [-0.1, -0.05) is 19.9 Å². The Hall–Kier alpha value is -3.67. The molecule has 0 aliphatic heterocycles. The highest BCUT2D eigenvalue weighted by Gasteiger charge is 2.25. The number of halogens is 1. The zero-order valence-corrected chi connectivity index (χ0v) is 20.2. The highest BCUT2D eigenvalue weighted by Crippen LogP contribution is 2.38. The Balaban J connectivity index is 1.70. The van der Waals surface area contributed by atoms with E-state index in [4.69, 9.17) is 9.47 Å². The largest absolute Gasteiger partial charge is 0.494 e. The molecule has 0 spiro atoms. The van der Waals surface area contributed by atoms with Crippen LogP contribution in [0.15, 0.2) is 36.7 Å². The maximum Gasteiger partial charge on any atom is 0.239 e. The summed E-state index contributed by atoms with van der Waals surface area (Å²) in [6.07, 6.45) is 2.35. The van der Waals surface area contributed by atoms with Gasteiger partial charge in [0.15, 0.2) is 11.6 Å². The zero-order chi connectivity index (χ0) is 24.2.